The Bertz CT molecular complexity index is 1060. The first kappa shape index (κ1) is 18.5. The van der Waals surface area contributed by atoms with Gasteiger partial charge in [0.2, 0.25) is 5.91 Å². The summed E-state index contributed by atoms with van der Waals surface area (Å²) < 4.78 is 23.0. The number of carbonyl (C=O) groups excluding carboxylic acids is 3. The Hall–Kier alpha value is -2.88. The molecule has 0 saturated carbocycles. The molecule has 1 aromatic heterocycles. The van der Waals surface area contributed by atoms with E-state index in [0.29, 0.717) is 12.8 Å². The number of hydrogen-bond donors (Lipinski definition) is 3. The van der Waals surface area contributed by atoms with Crippen LogP contribution in [0.15, 0.2) is 30.5 Å². The van der Waals surface area contributed by atoms with Crippen molar-refractivity contribution in [1.82, 2.24) is 20.5 Å². The van der Waals surface area contributed by atoms with E-state index in [2.05, 4.69) is 15.6 Å². The van der Waals surface area contributed by atoms with Crippen LogP contribution < -0.4 is 10.6 Å². The lowest BCUT2D eigenvalue weighted by Crippen LogP contribution is -2.45. The third-order valence-electron chi connectivity index (χ3n) is 5.11. The molecule has 148 valence electrons. The van der Waals surface area contributed by atoms with Crippen LogP contribution in [0.3, 0.4) is 0 Å². The van der Waals surface area contributed by atoms with Crippen molar-refractivity contribution in [1.29, 1.82) is 0 Å². The van der Waals surface area contributed by atoms with Crippen molar-refractivity contribution in [2.75, 3.05) is 18.1 Å². The average molecular weight is 404 g/mol. The average Bonchev–Trinajstić information content (AvgIpc) is 3.28. The molecule has 0 radical (unpaired) electrons. The number of urea groups is 1. The number of nitrogens with one attached hydrogen (secondary N) is 3. The van der Waals surface area contributed by atoms with Crippen molar-refractivity contribution in [2.45, 2.75) is 24.9 Å². The molecule has 10 heteroatoms. The van der Waals surface area contributed by atoms with E-state index >= 15 is 0 Å². The van der Waals surface area contributed by atoms with Crippen LogP contribution in [0.2, 0.25) is 0 Å². The number of imide groups is 1. The van der Waals surface area contributed by atoms with Gasteiger partial charge in [0.25, 0.3) is 5.91 Å². The number of aromatic amines is 1. The molecule has 0 spiro atoms. The van der Waals surface area contributed by atoms with Crippen molar-refractivity contribution in [2.24, 2.45) is 0 Å². The van der Waals surface area contributed by atoms with Gasteiger partial charge in [-0.05, 0) is 18.1 Å². The minimum Gasteiger partial charge on any atom is -0.361 e. The molecule has 1 aromatic carbocycles. The quantitative estimate of drug-likeness (QED) is 0.601. The van der Waals surface area contributed by atoms with Crippen LogP contribution in [-0.4, -0.2) is 66.3 Å². The summed E-state index contributed by atoms with van der Waals surface area (Å²) in [4.78, 5) is 41.0. The molecule has 2 aromatic rings. The Morgan fingerprint density at radius 2 is 2.04 bits per heavy atom. The lowest BCUT2D eigenvalue weighted by molar-refractivity contribution is -0.132. The zero-order valence-electron chi connectivity index (χ0n) is 15.0. The van der Waals surface area contributed by atoms with Crippen molar-refractivity contribution >= 4 is 38.6 Å². The third kappa shape index (κ3) is 3.59. The highest BCUT2D eigenvalue weighted by Crippen LogP contribution is 2.21. The van der Waals surface area contributed by atoms with Gasteiger partial charge in [-0.2, -0.15) is 0 Å². The second-order valence-electron chi connectivity index (χ2n) is 7.16. The first-order valence-corrected chi connectivity index (χ1v) is 10.8. The molecule has 4 rings (SSSR count). The van der Waals surface area contributed by atoms with Crippen molar-refractivity contribution in [3.8, 4) is 0 Å². The first-order valence-electron chi connectivity index (χ1n) is 8.99. The fraction of sp³-hybridized carbons (Fsp3) is 0.389. The van der Waals surface area contributed by atoms with Gasteiger partial charge in [0.05, 0.1) is 11.5 Å². The molecule has 0 unspecified atom stereocenters. The van der Waals surface area contributed by atoms with E-state index in [1.54, 1.807) is 6.20 Å². The molecule has 2 fully saturated rings. The van der Waals surface area contributed by atoms with E-state index in [1.165, 1.54) is 0 Å². The molecule has 2 aliphatic heterocycles. The number of para-hydroxylation sites is 1. The summed E-state index contributed by atoms with van der Waals surface area (Å²) in [5.74, 6) is -1.08. The molecule has 2 aliphatic rings. The first-order chi connectivity index (χ1) is 13.3. The summed E-state index contributed by atoms with van der Waals surface area (Å²) in [6.07, 6.45) is 2.46. The highest BCUT2D eigenvalue weighted by Gasteiger charge is 2.39. The van der Waals surface area contributed by atoms with E-state index in [0.717, 1.165) is 21.4 Å². The number of hydrogen-bond acceptors (Lipinski definition) is 5. The number of carbonyl (C=O) groups is 3. The number of H-pyrrole nitrogens is 1. The van der Waals surface area contributed by atoms with Gasteiger partial charge >= 0.3 is 6.03 Å². The molecule has 0 bridgehead atoms. The number of benzene rings is 1. The number of nitrogens with zero attached hydrogens (tertiary/aromatic N) is 1. The second-order valence-corrected chi connectivity index (χ2v) is 9.39. The predicted molar refractivity (Wildman–Crippen MR) is 101 cm³/mol. The van der Waals surface area contributed by atoms with Gasteiger partial charge in [-0.1, -0.05) is 18.2 Å². The van der Waals surface area contributed by atoms with Crippen molar-refractivity contribution < 1.29 is 22.8 Å². The van der Waals surface area contributed by atoms with Gasteiger partial charge < -0.3 is 15.6 Å². The van der Waals surface area contributed by atoms with E-state index in [9.17, 15) is 22.8 Å². The fourth-order valence-corrected chi connectivity index (χ4v) is 5.38. The van der Waals surface area contributed by atoms with Gasteiger partial charge in [-0.25, -0.2) is 13.2 Å². The maximum Gasteiger partial charge on any atom is 0.325 e. The Morgan fingerprint density at radius 1 is 1.25 bits per heavy atom. The maximum absolute atomic E-state index is 12.6. The minimum atomic E-state index is -3.12. The van der Waals surface area contributed by atoms with E-state index in [1.807, 2.05) is 24.3 Å². The lowest BCUT2D eigenvalue weighted by Gasteiger charge is -2.15. The lowest BCUT2D eigenvalue weighted by atomic mass is 10.1. The largest absolute Gasteiger partial charge is 0.361 e. The number of aromatic nitrogens is 1. The van der Waals surface area contributed by atoms with E-state index in [-0.39, 0.29) is 11.5 Å². The molecule has 0 aliphatic carbocycles. The summed E-state index contributed by atoms with van der Waals surface area (Å²) in [5, 5.41) is 6.18. The molecule has 2 atom stereocenters. The van der Waals surface area contributed by atoms with Crippen molar-refractivity contribution in [3.63, 3.8) is 0 Å². The van der Waals surface area contributed by atoms with Gasteiger partial charge in [0.15, 0.2) is 9.84 Å². The standard InChI is InChI=1S/C18H20N4O5S/c23-16(20-12-5-6-28(26,27)10-12)9-22-17(24)15(21-18(22)25)7-11-8-19-14-4-2-1-3-13(11)14/h1-4,8,12,15,19H,5-7,9-10H2,(H,20,23)(H,21,25)/t12-,15+/m1/s1. The van der Waals surface area contributed by atoms with Crippen molar-refractivity contribution in [3.05, 3.63) is 36.0 Å². The molecular weight excluding hydrogens is 384 g/mol. The van der Waals surface area contributed by atoms with Crippen LogP contribution in [0, 0.1) is 0 Å². The Kier molecular flexibility index (Phi) is 4.58. The maximum atomic E-state index is 12.6. The predicted octanol–water partition coefficient (Wildman–Crippen LogP) is -0.0659. The van der Waals surface area contributed by atoms with Crippen LogP contribution in [0.25, 0.3) is 10.9 Å². The summed E-state index contributed by atoms with van der Waals surface area (Å²) >= 11 is 0. The second kappa shape index (κ2) is 6.93. The summed E-state index contributed by atoms with van der Waals surface area (Å²) in [6, 6.07) is 5.82. The molecule has 9 nitrogen and oxygen atoms in total. The van der Waals surface area contributed by atoms with E-state index in [4.69, 9.17) is 0 Å². The van der Waals surface area contributed by atoms with Crippen LogP contribution in [0.4, 0.5) is 4.79 Å². The topological polar surface area (TPSA) is 128 Å². The molecule has 4 amide bonds. The highest BCUT2D eigenvalue weighted by atomic mass is 32.2. The Labute approximate surface area is 161 Å². The van der Waals surface area contributed by atoms with Gasteiger partial charge in [0, 0.05) is 29.6 Å². The number of sulfone groups is 1. The van der Waals surface area contributed by atoms with Crippen LogP contribution in [0.1, 0.15) is 12.0 Å². The number of rotatable bonds is 5. The minimum absolute atomic E-state index is 0.0355. The normalized spacial score (nSPS) is 23.9. The van der Waals surface area contributed by atoms with Crippen LogP contribution >= 0.6 is 0 Å². The Morgan fingerprint density at radius 3 is 2.79 bits per heavy atom. The molecular formula is C18H20N4O5S. The van der Waals surface area contributed by atoms with Gasteiger partial charge in [0.1, 0.15) is 12.6 Å². The third-order valence-corrected chi connectivity index (χ3v) is 6.87. The fourth-order valence-electron chi connectivity index (χ4n) is 3.71. The van der Waals surface area contributed by atoms with Gasteiger partial charge in [-0.3, -0.25) is 14.5 Å². The molecule has 3 heterocycles. The monoisotopic (exact) mass is 404 g/mol. The highest BCUT2D eigenvalue weighted by molar-refractivity contribution is 7.91. The Balaban J connectivity index is 1.39. The molecule has 3 N–H and O–H groups in total. The summed E-state index contributed by atoms with van der Waals surface area (Å²) in [7, 11) is -3.12. The van der Waals surface area contributed by atoms with E-state index < -0.39 is 46.3 Å². The zero-order valence-corrected chi connectivity index (χ0v) is 15.8. The smallest absolute Gasteiger partial charge is 0.325 e. The number of amides is 4. The SMILES string of the molecule is O=C(CN1C(=O)N[C@@H](Cc2c[nH]c3ccccc23)C1=O)N[C@@H]1CCS(=O)(=O)C1. The molecule has 2 saturated heterocycles. The van der Waals surface area contributed by atoms with Crippen LogP contribution in [-0.2, 0) is 25.8 Å². The summed E-state index contributed by atoms with van der Waals surface area (Å²) in [6.45, 7) is -0.425. The van der Waals surface area contributed by atoms with Gasteiger partial charge in [-0.15, -0.1) is 0 Å². The number of fused-ring (bicyclic) bond motifs is 1. The van der Waals surface area contributed by atoms with Crippen LogP contribution in [0.5, 0.6) is 0 Å². The molecule has 28 heavy (non-hydrogen) atoms. The summed E-state index contributed by atoms with van der Waals surface area (Å²) in [5.41, 5.74) is 1.84. The zero-order chi connectivity index (χ0) is 19.9.